The van der Waals surface area contributed by atoms with E-state index in [1.165, 1.54) is 10.7 Å². The summed E-state index contributed by atoms with van der Waals surface area (Å²) in [6.07, 6.45) is 3.30. The molecule has 6 heteroatoms. The van der Waals surface area contributed by atoms with Gasteiger partial charge in [-0.25, -0.2) is 8.78 Å². The van der Waals surface area contributed by atoms with Crippen molar-refractivity contribution in [3.63, 3.8) is 0 Å². The first-order valence-electron chi connectivity index (χ1n) is 6.26. The van der Waals surface area contributed by atoms with E-state index < -0.39 is 11.6 Å². The molecule has 0 amide bonds. The van der Waals surface area contributed by atoms with Crippen molar-refractivity contribution < 1.29 is 8.78 Å². The van der Waals surface area contributed by atoms with Crippen molar-refractivity contribution in [1.82, 2.24) is 14.8 Å². The molecule has 3 rings (SSSR count). The van der Waals surface area contributed by atoms with Crippen molar-refractivity contribution in [3.8, 4) is 22.4 Å². The topological polar surface area (TPSA) is 56.7 Å². The quantitative estimate of drug-likeness (QED) is 0.788. The Morgan fingerprint density at radius 2 is 1.90 bits per heavy atom. The van der Waals surface area contributed by atoms with E-state index in [-0.39, 0.29) is 0 Å². The fourth-order valence-electron chi connectivity index (χ4n) is 2.18. The third-order valence-corrected chi connectivity index (χ3v) is 3.23. The van der Waals surface area contributed by atoms with Gasteiger partial charge in [0, 0.05) is 30.6 Å². The molecule has 0 bridgehead atoms. The smallest absolute Gasteiger partial charge is 0.159 e. The lowest BCUT2D eigenvalue weighted by Crippen LogP contribution is -1.98. The summed E-state index contributed by atoms with van der Waals surface area (Å²) in [5.74, 6) is -1.39. The molecule has 1 aromatic carbocycles. The molecular formula is C15H12F2N4. The maximum Gasteiger partial charge on any atom is 0.159 e. The Labute approximate surface area is 119 Å². The number of hydrogen-bond acceptors (Lipinski definition) is 3. The molecule has 0 aliphatic heterocycles. The first-order chi connectivity index (χ1) is 10.1. The van der Waals surface area contributed by atoms with Crippen LogP contribution < -0.4 is 5.73 Å². The summed E-state index contributed by atoms with van der Waals surface area (Å²) in [4.78, 5) is 4.05. The third kappa shape index (κ3) is 2.24. The second-order valence-corrected chi connectivity index (χ2v) is 4.60. The van der Waals surface area contributed by atoms with Crippen LogP contribution in [0.3, 0.4) is 0 Å². The van der Waals surface area contributed by atoms with Crippen LogP contribution in [0.5, 0.6) is 0 Å². The summed E-state index contributed by atoms with van der Waals surface area (Å²) in [7, 11) is 1.69. The molecule has 2 heterocycles. The second-order valence-electron chi connectivity index (χ2n) is 4.60. The molecule has 0 saturated heterocycles. The highest BCUT2D eigenvalue weighted by molar-refractivity contribution is 5.87. The molecular weight excluding hydrogens is 274 g/mol. The van der Waals surface area contributed by atoms with Crippen molar-refractivity contribution in [3.05, 3.63) is 54.4 Å². The highest BCUT2D eigenvalue weighted by Crippen LogP contribution is 2.35. The van der Waals surface area contributed by atoms with Gasteiger partial charge in [-0.15, -0.1) is 0 Å². The molecule has 106 valence electrons. The first kappa shape index (κ1) is 13.2. The average Bonchev–Trinajstić information content (AvgIpc) is 2.79. The van der Waals surface area contributed by atoms with Gasteiger partial charge in [0.05, 0.1) is 5.56 Å². The lowest BCUT2D eigenvalue weighted by Gasteiger charge is -2.04. The van der Waals surface area contributed by atoms with Gasteiger partial charge in [-0.1, -0.05) is 6.07 Å². The molecule has 0 aliphatic carbocycles. The van der Waals surface area contributed by atoms with E-state index in [9.17, 15) is 8.78 Å². The highest BCUT2D eigenvalue weighted by atomic mass is 19.2. The lowest BCUT2D eigenvalue weighted by molar-refractivity contribution is 0.509. The van der Waals surface area contributed by atoms with Crippen molar-refractivity contribution >= 4 is 5.82 Å². The van der Waals surface area contributed by atoms with E-state index in [1.54, 1.807) is 25.5 Å². The zero-order valence-corrected chi connectivity index (χ0v) is 11.2. The second kappa shape index (κ2) is 4.97. The number of nitrogen functional groups attached to an aromatic ring is 1. The van der Waals surface area contributed by atoms with Gasteiger partial charge in [0.1, 0.15) is 11.5 Å². The fourth-order valence-corrected chi connectivity index (χ4v) is 2.18. The number of hydrogen-bond donors (Lipinski definition) is 1. The van der Waals surface area contributed by atoms with Crippen LogP contribution in [0, 0.1) is 11.6 Å². The number of rotatable bonds is 2. The Morgan fingerprint density at radius 3 is 2.57 bits per heavy atom. The first-order valence-corrected chi connectivity index (χ1v) is 6.26. The molecule has 0 atom stereocenters. The summed E-state index contributed by atoms with van der Waals surface area (Å²) in [5, 5.41) is 4.30. The van der Waals surface area contributed by atoms with Crippen LogP contribution in [0.2, 0.25) is 0 Å². The molecule has 2 aromatic heterocycles. The average molecular weight is 286 g/mol. The molecule has 0 spiro atoms. The third-order valence-electron chi connectivity index (χ3n) is 3.23. The molecule has 0 aliphatic rings. The van der Waals surface area contributed by atoms with E-state index in [0.717, 1.165) is 17.7 Å². The van der Waals surface area contributed by atoms with Crippen molar-refractivity contribution in [1.29, 1.82) is 0 Å². The predicted octanol–water partition coefficient (Wildman–Crippen LogP) is 3.01. The zero-order valence-electron chi connectivity index (χ0n) is 11.2. The van der Waals surface area contributed by atoms with E-state index >= 15 is 0 Å². The maximum absolute atomic E-state index is 13.5. The standard InChI is InChI=1S/C15H12F2N4/c1-21-15(18)13(10-3-2-6-19-8-10)14(20-21)9-4-5-11(16)12(17)7-9/h2-8H,18H2,1H3. The van der Waals surface area contributed by atoms with Crippen LogP contribution in [-0.4, -0.2) is 14.8 Å². The van der Waals surface area contributed by atoms with Crippen LogP contribution in [0.4, 0.5) is 14.6 Å². The number of benzene rings is 1. The molecule has 4 nitrogen and oxygen atoms in total. The van der Waals surface area contributed by atoms with Crippen LogP contribution in [-0.2, 0) is 7.05 Å². The molecule has 0 saturated carbocycles. The van der Waals surface area contributed by atoms with Gasteiger partial charge in [-0.05, 0) is 24.3 Å². The van der Waals surface area contributed by atoms with E-state index in [1.807, 2.05) is 6.07 Å². The minimum Gasteiger partial charge on any atom is -0.383 e. The largest absolute Gasteiger partial charge is 0.383 e. The number of aromatic nitrogens is 3. The zero-order chi connectivity index (χ0) is 15.0. The van der Waals surface area contributed by atoms with Gasteiger partial charge < -0.3 is 5.73 Å². The van der Waals surface area contributed by atoms with Crippen LogP contribution >= 0.6 is 0 Å². The molecule has 0 radical (unpaired) electrons. The van der Waals surface area contributed by atoms with Crippen molar-refractivity contribution in [2.75, 3.05) is 5.73 Å². The fraction of sp³-hybridized carbons (Fsp3) is 0.0667. The Kier molecular flexibility index (Phi) is 3.13. The summed E-state index contributed by atoms with van der Waals surface area (Å²) >= 11 is 0. The minimum absolute atomic E-state index is 0.433. The number of aryl methyl sites for hydroxylation is 1. The Bertz CT molecular complexity index is 797. The van der Waals surface area contributed by atoms with Crippen LogP contribution in [0.1, 0.15) is 0 Å². The predicted molar refractivity (Wildman–Crippen MR) is 76.2 cm³/mol. The van der Waals surface area contributed by atoms with Crippen LogP contribution in [0.15, 0.2) is 42.7 Å². The number of anilines is 1. The van der Waals surface area contributed by atoms with E-state index in [2.05, 4.69) is 10.1 Å². The molecule has 21 heavy (non-hydrogen) atoms. The van der Waals surface area contributed by atoms with Gasteiger partial charge in [-0.2, -0.15) is 5.10 Å². The van der Waals surface area contributed by atoms with E-state index in [4.69, 9.17) is 5.73 Å². The summed E-state index contributed by atoms with van der Waals surface area (Å²) in [5.41, 5.74) is 8.41. The van der Waals surface area contributed by atoms with Gasteiger partial charge >= 0.3 is 0 Å². The molecule has 3 aromatic rings. The summed E-state index contributed by atoms with van der Waals surface area (Å²) < 4.78 is 28.0. The molecule has 0 unspecified atom stereocenters. The number of pyridine rings is 1. The van der Waals surface area contributed by atoms with Crippen molar-refractivity contribution in [2.24, 2.45) is 7.05 Å². The molecule has 2 N–H and O–H groups in total. The number of halogens is 2. The van der Waals surface area contributed by atoms with Gasteiger partial charge in [-0.3, -0.25) is 9.67 Å². The van der Waals surface area contributed by atoms with Gasteiger partial charge in [0.15, 0.2) is 11.6 Å². The van der Waals surface area contributed by atoms with Gasteiger partial charge in [0.25, 0.3) is 0 Å². The van der Waals surface area contributed by atoms with E-state index in [0.29, 0.717) is 22.6 Å². The highest BCUT2D eigenvalue weighted by Gasteiger charge is 2.18. The van der Waals surface area contributed by atoms with Crippen molar-refractivity contribution in [2.45, 2.75) is 0 Å². The molecule has 0 fully saturated rings. The van der Waals surface area contributed by atoms with Crippen LogP contribution in [0.25, 0.3) is 22.4 Å². The normalized spacial score (nSPS) is 10.8. The Morgan fingerprint density at radius 1 is 1.10 bits per heavy atom. The minimum atomic E-state index is -0.922. The Balaban J connectivity index is 2.24. The summed E-state index contributed by atoms with van der Waals surface area (Å²) in [6.45, 7) is 0. The monoisotopic (exact) mass is 286 g/mol. The SMILES string of the molecule is Cn1nc(-c2ccc(F)c(F)c2)c(-c2cccnc2)c1N. The maximum atomic E-state index is 13.5. The number of nitrogens with zero attached hydrogens (tertiary/aromatic N) is 3. The van der Waals surface area contributed by atoms with Gasteiger partial charge in [0.2, 0.25) is 0 Å². The number of nitrogens with two attached hydrogens (primary N) is 1. The summed E-state index contributed by atoms with van der Waals surface area (Å²) in [6, 6.07) is 7.26. The Hall–Kier alpha value is -2.76. The lowest BCUT2D eigenvalue weighted by atomic mass is 10.0.